The first-order valence-electron chi connectivity index (χ1n) is 11.2. The first-order valence-corrected chi connectivity index (χ1v) is 12.1. The maximum absolute atomic E-state index is 13.2. The van der Waals surface area contributed by atoms with E-state index in [1.165, 1.54) is 24.2 Å². The van der Waals surface area contributed by atoms with Crippen molar-refractivity contribution in [2.45, 2.75) is 38.9 Å². The highest BCUT2D eigenvalue weighted by Crippen LogP contribution is 2.33. The summed E-state index contributed by atoms with van der Waals surface area (Å²) in [6.45, 7) is 2.11. The number of para-hydroxylation sites is 1. The number of thiazole rings is 1. The van der Waals surface area contributed by atoms with Gasteiger partial charge in [-0.05, 0) is 30.9 Å². The number of aromatic nitrogens is 3. The second kappa shape index (κ2) is 8.15. The summed E-state index contributed by atoms with van der Waals surface area (Å²) in [5.41, 5.74) is 3.00. The fourth-order valence-corrected chi connectivity index (χ4v) is 4.92. The third-order valence-corrected chi connectivity index (χ3v) is 7.06. The number of furan rings is 1. The first kappa shape index (κ1) is 20.2. The van der Waals surface area contributed by atoms with Crippen LogP contribution in [0.2, 0.25) is 0 Å². The highest BCUT2D eigenvalue weighted by atomic mass is 32.1. The van der Waals surface area contributed by atoms with Crippen molar-refractivity contribution in [2.24, 2.45) is 5.92 Å². The van der Waals surface area contributed by atoms with Gasteiger partial charge in [0.2, 0.25) is 0 Å². The van der Waals surface area contributed by atoms with Crippen LogP contribution in [0.5, 0.6) is 0 Å². The molecule has 8 nitrogen and oxygen atoms in total. The van der Waals surface area contributed by atoms with E-state index in [-0.39, 0.29) is 11.8 Å². The number of rotatable bonds is 6. The summed E-state index contributed by atoms with van der Waals surface area (Å²) in [5.74, 6) is 0.560. The van der Waals surface area contributed by atoms with Crippen LogP contribution in [0, 0.1) is 5.92 Å². The fraction of sp³-hybridized carbons (Fsp3) is 0.333. The molecule has 4 heterocycles. The summed E-state index contributed by atoms with van der Waals surface area (Å²) in [6.07, 6.45) is 4.80. The largest absolute Gasteiger partial charge is 0.451 e. The van der Waals surface area contributed by atoms with Crippen LogP contribution in [-0.2, 0) is 26.1 Å². The summed E-state index contributed by atoms with van der Waals surface area (Å²) in [7, 11) is 0. The second-order valence-corrected chi connectivity index (χ2v) is 9.61. The topological polar surface area (TPSA) is 93.3 Å². The van der Waals surface area contributed by atoms with E-state index >= 15 is 0 Å². The van der Waals surface area contributed by atoms with E-state index in [1.54, 1.807) is 17.2 Å². The molecule has 4 aromatic rings. The molecule has 0 unspecified atom stereocenters. The van der Waals surface area contributed by atoms with Gasteiger partial charge in [-0.2, -0.15) is 5.10 Å². The molecule has 1 aromatic carbocycles. The van der Waals surface area contributed by atoms with Gasteiger partial charge in [-0.3, -0.25) is 14.3 Å². The molecule has 1 aliphatic carbocycles. The molecular formula is C24H23N5O3S. The molecule has 6 rings (SSSR count). The zero-order valence-electron chi connectivity index (χ0n) is 18.0. The highest BCUT2D eigenvalue weighted by Gasteiger charge is 2.33. The summed E-state index contributed by atoms with van der Waals surface area (Å²) >= 11 is 1.50. The first-order chi connectivity index (χ1) is 16.2. The van der Waals surface area contributed by atoms with E-state index in [0.717, 1.165) is 28.2 Å². The molecule has 9 heteroatoms. The Balaban J connectivity index is 1.27. The van der Waals surface area contributed by atoms with E-state index in [4.69, 9.17) is 9.52 Å². The Labute approximate surface area is 194 Å². The molecular weight excluding hydrogens is 438 g/mol. The lowest BCUT2D eigenvalue weighted by atomic mass is 10.0. The molecule has 2 aliphatic rings. The van der Waals surface area contributed by atoms with Crippen molar-refractivity contribution >= 4 is 34.1 Å². The van der Waals surface area contributed by atoms with E-state index in [9.17, 15) is 9.59 Å². The zero-order valence-corrected chi connectivity index (χ0v) is 18.8. The maximum Gasteiger partial charge on any atom is 0.289 e. The van der Waals surface area contributed by atoms with Gasteiger partial charge < -0.3 is 14.6 Å². The van der Waals surface area contributed by atoms with Gasteiger partial charge >= 0.3 is 0 Å². The number of carbonyl (C=O) groups is 2. The monoisotopic (exact) mass is 461 g/mol. The van der Waals surface area contributed by atoms with E-state index < -0.39 is 0 Å². The van der Waals surface area contributed by atoms with Crippen molar-refractivity contribution in [3.8, 4) is 0 Å². The Kier molecular flexibility index (Phi) is 4.98. The van der Waals surface area contributed by atoms with Crippen LogP contribution < -0.4 is 5.32 Å². The third-order valence-electron chi connectivity index (χ3n) is 6.28. The lowest BCUT2D eigenvalue weighted by molar-refractivity contribution is 0.0701. The molecule has 3 aromatic heterocycles. The number of nitrogens with one attached hydrogen (secondary N) is 1. The van der Waals surface area contributed by atoms with Crippen molar-refractivity contribution in [2.75, 3.05) is 6.54 Å². The Morgan fingerprint density at radius 1 is 1.24 bits per heavy atom. The van der Waals surface area contributed by atoms with Gasteiger partial charge in [0.15, 0.2) is 11.5 Å². The van der Waals surface area contributed by atoms with Crippen LogP contribution in [0.15, 0.2) is 46.3 Å². The predicted molar refractivity (Wildman–Crippen MR) is 123 cm³/mol. The third kappa shape index (κ3) is 3.93. The molecule has 1 aliphatic heterocycles. The zero-order chi connectivity index (χ0) is 22.4. The number of hydrogen-bond acceptors (Lipinski definition) is 6. The quantitative estimate of drug-likeness (QED) is 0.473. The minimum atomic E-state index is -0.228. The van der Waals surface area contributed by atoms with E-state index in [2.05, 4.69) is 10.3 Å². The van der Waals surface area contributed by atoms with Gasteiger partial charge in [-0.1, -0.05) is 18.2 Å². The normalized spacial score (nSPS) is 15.6. The molecule has 33 heavy (non-hydrogen) atoms. The fourth-order valence-electron chi connectivity index (χ4n) is 4.37. The van der Waals surface area contributed by atoms with Crippen LogP contribution in [0.25, 0.3) is 11.0 Å². The Bertz CT molecular complexity index is 1300. The SMILES string of the molecule is O=C(NCc1nccs1)c1nn(CC2CC2)c2c1CN(C(=O)c1cc3ccccc3o1)CC2. The summed E-state index contributed by atoms with van der Waals surface area (Å²) in [6, 6.07) is 9.37. The van der Waals surface area contributed by atoms with Gasteiger partial charge in [0, 0.05) is 47.7 Å². The predicted octanol–water partition coefficient (Wildman–Crippen LogP) is 3.62. The van der Waals surface area contributed by atoms with Crippen molar-refractivity contribution < 1.29 is 14.0 Å². The van der Waals surface area contributed by atoms with Crippen LogP contribution in [0.4, 0.5) is 0 Å². The average molecular weight is 462 g/mol. The number of carbonyl (C=O) groups excluding carboxylic acids is 2. The van der Waals surface area contributed by atoms with Crippen LogP contribution in [-0.4, -0.2) is 38.0 Å². The molecule has 1 N–H and O–H groups in total. The van der Waals surface area contributed by atoms with E-state index in [1.807, 2.05) is 34.3 Å². The Morgan fingerprint density at radius 3 is 2.91 bits per heavy atom. The van der Waals surface area contributed by atoms with E-state index in [0.29, 0.717) is 49.0 Å². The molecule has 168 valence electrons. The summed E-state index contributed by atoms with van der Waals surface area (Å²) < 4.78 is 7.79. The van der Waals surface area contributed by atoms with Gasteiger partial charge in [0.05, 0.1) is 13.1 Å². The molecule has 0 saturated heterocycles. The number of hydrogen-bond donors (Lipinski definition) is 1. The lowest BCUT2D eigenvalue weighted by Gasteiger charge is -2.27. The van der Waals surface area contributed by atoms with Crippen LogP contribution in [0.1, 0.15) is 50.1 Å². The van der Waals surface area contributed by atoms with Gasteiger partial charge in [-0.15, -0.1) is 11.3 Å². The smallest absolute Gasteiger partial charge is 0.289 e. The summed E-state index contributed by atoms with van der Waals surface area (Å²) in [4.78, 5) is 32.3. The van der Waals surface area contributed by atoms with Crippen molar-refractivity contribution in [1.29, 1.82) is 0 Å². The minimum absolute atomic E-state index is 0.166. The van der Waals surface area contributed by atoms with Gasteiger partial charge in [0.1, 0.15) is 10.6 Å². The number of amides is 2. The molecule has 1 fully saturated rings. The molecule has 1 saturated carbocycles. The number of fused-ring (bicyclic) bond motifs is 2. The highest BCUT2D eigenvalue weighted by molar-refractivity contribution is 7.09. The molecule has 0 spiro atoms. The second-order valence-electron chi connectivity index (χ2n) is 8.63. The number of nitrogens with zero attached hydrogens (tertiary/aromatic N) is 4. The van der Waals surface area contributed by atoms with Crippen LogP contribution >= 0.6 is 11.3 Å². The van der Waals surface area contributed by atoms with Crippen molar-refractivity contribution in [3.63, 3.8) is 0 Å². The molecule has 2 amide bonds. The Morgan fingerprint density at radius 2 is 2.12 bits per heavy atom. The number of benzene rings is 1. The molecule has 0 atom stereocenters. The van der Waals surface area contributed by atoms with Crippen molar-refractivity contribution in [1.82, 2.24) is 25.0 Å². The average Bonchev–Trinajstić information content (AvgIpc) is 3.23. The van der Waals surface area contributed by atoms with Crippen LogP contribution in [0.3, 0.4) is 0 Å². The lowest BCUT2D eigenvalue weighted by Crippen LogP contribution is -2.37. The summed E-state index contributed by atoms with van der Waals surface area (Å²) in [5, 5.41) is 11.3. The molecule has 0 bridgehead atoms. The van der Waals surface area contributed by atoms with Gasteiger partial charge in [0.25, 0.3) is 11.8 Å². The Hall–Kier alpha value is -3.46. The minimum Gasteiger partial charge on any atom is -0.451 e. The maximum atomic E-state index is 13.2. The standard InChI is InChI=1S/C24H23N5O3S/c30-23(26-12-21-25-8-10-33-21)22-17-14-28(9-7-18(17)29(27-22)13-15-5-6-15)24(31)20-11-16-3-1-2-4-19(16)32-20/h1-4,8,10-11,15H,5-7,9,12-14H2,(H,26,30). The molecule has 0 radical (unpaired) electrons. The van der Waals surface area contributed by atoms with Crippen molar-refractivity contribution in [3.05, 3.63) is 69.6 Å². The van der Waals surface area contributed by atoms with Gasteiger partial charge in [-0.25, -0.2) is 4.98 Å².